The second-order valence-electron chi connectivity index (χ2n) is 4.90. The number of benzene rings is 1. The van der Waals surface area contributed by atoms with E-state index in [0.29, 0.717) is 6.04 Å². The van der Waals surface area contributed by atoms with E-state index in [1.54, 1.807) is 0 Å². The quantitative estimate of drug-likeness (QED) is 0.799. The minimum atomic E-state index is -0.116. The Morgan fingerprint density at radius 2 is 2.06 bits per heavy atom. The molecule has 4 nitrogen and oxygen atoms in total. The van der Waals surface area contributed by atoms with Gasteiger partial charge in [-0.1, -0.05) is 15.9 Å². The molecule has 0 unspecified atom stereocenters. The summed E-state index contributed by atoms with van der Waals surface area (Å²) in [7, 11) is 0. The second-order valence-corrected chi connectivity index (χ2v) is 5.81. The third-order valence-electron chi connectivity index (χ3n) is 3.48. The highest BCUT2D eigenvalue weighted by molar-refractivity contribution is 9.10. The molecule has 0 radical (unpaired) electrons. The maximum atomic E-state index is 9.48. The molecule has 96 valence electrons. The summed E-state index contributed by atoms with van der Waals surface area (Å²) in [6, 6.07) is 6.42. The molecule has 0 saturated heterocycles. The maximum Gasteiger partial charge on any atom is 0.201 e. The number of imidazole rings is 1. The lowest BCUT2D eigenvalue weighted by molar-refractivity contribution is 0.126. The highest BCUT2D eigenvalue weighted by Crippen LogP contribution is 2.23. The zero-order valence-electron chi connectivity index (χ0n) is 9.99. The predicted octanol–water partition coefficient (Wildman–Crippen LogP) is 3.04. The van der Waals surface area contributed by atoms with Crippen molar-refractivity contribution in [2.75, 3.05) is 5.32 Å². The minimum absolute atomic E-state index is 0.116. The van der Waals surface area contributed by atoms with Crippen LogP contribution in [0.25, 0.3) is 11.0 Å². The van der Waals surface area contributed by atoms with Gasteiger partial charge < -0.3 is 15.4 Å². The number of hydrogen-bond acceptors (Lipinski definition) is 3. The van der Waals surface area contributed by atoms with Crippen molar-refractivity contribution in [2.24, 2.45) is 0 Å². The molecule has 3 rings (SSSR count). The third kappa shape index (κ3) is 2.52. The molecule has 0 spiro atoms. The number of rotatable bonds is 2. The smallest absolute Gasteiger partial charge is 0.201 e. The fourth-order valence-electron chi connectivity index (χ4n) is 2.46. The predicted molar refractivity (Wildman–Crippen MR) is 75.7 cm³/mol. The summed E-state index contributed by atoms with van der Waals surface area (Å²) in [5.41, 5.74) is 2.00. The van der Waals surface area contributed by atoms with Gasteiger partial charge in [0.1, 0.15) is 0 Å². The zero-order chi connectivity index (χ0) is 12.5. The Kier molecular flexibility index (Phi) is 3.26. The molecule has 18 heavy (non-hydrogen) atoms. The Bertz CT molecular complexity index is 546. The van der Waals surface area contributed by atoms with Crippen LogP contribution < -0.4 is 5.32 Å². The average molecular weight is 310 g/mol. The molecule has 1 fully saturated rings. The first-order valence-electron chi connectivity index (χ1n) is 6.30. The summed E-state index contributed by atoms with van der Waals surface area (Å²) >= 11 is 3.45. The van der Waals surface area contributed by atoms with Gasteiger partial charge in [0.15, 0.2) is 0 Å². The van der Waals surface area contributed by atoms with Gasteiger partial charge in [0, 0.05) is 10.5 Å². The van der Waals surface area contributed by atoms with Gasteiger partial charge in [-0.2, -0.15) is 0 Å². The van der Waals surface area contributed by atoms with Gasteiger partial charge in [-0.25, -0.2) is 4.98 Å². The van der Waals surface area contributed by atoms with Gasteiger partial charge in [0.2, 0.25) is 5.95 Å². The first kappa shape index (κ1) is 12.0. The monoisotopic (exact) mass is 309 g/mol. The Morgan fingerprint density at radius 1 is 1.28 bits per heavy atom. The molecule has 1 aliphatic carbocycles. The van der Waals surface area contributed by atoms with Crippen LogP contribution in [-0.2, 0) is 0 Å². The number of fused-ring (bicyclic) bond motifs is 1. The largest absolute Gasteiger partial charge is 0.393 e. The first-order chi connectivity index (χ1) is 8.70. The van der Waals surface area contributed by atoms with Crippen molar-refractivity contribution in [1.82, 2.24) is 9.97 Å². The molecule has 1 aliphatic rings. The second kappa shape index (κ2) is 4.90. The third-order valence-corrected chi connectivity index (χ3v) is 3.97. The van der Waals surface area contributed by atoms with Crippen molar-refractivity contribution in [3.63, 3.8) is 0 Å². The summed E-state index contributed by atoms with van der Waals surface area (Å²) in [4.78, 5) is 7.80. The van der Waals surface area contributed by atoms with Gasteiger partial charge in [0.05, 0.1) is 17.1 Å². The number of aliphatic hydroxyl groups excluding tert-OH is 1. The molecule has 0 bridgehead atoms. The van der Waals surface area contributed by atoms with Crippen LogP contribution in [0.15, 0.2) is 22.7 Å². The Hall–Kier alpha value is -1.07. The van der Waals surface area contributed by atoms with Crippen LogP contribution in [0.1, 0.15) is 25.7 Å². The lowest BCUT2D eigenvalue weighted by atomic mass is 9.93. The van der Waals surface area contributed by atoms with E-state index < -0.39 is 0 Å². The van der Waals surface area contributed by atoms with Crippen molar-refractivity contribution in [3.05, 3.63) is 22.7 Å². The van der Waals surface area contributed by atoms with Crippen molar-refractivity contribution in [1.29, 1.82) is 0 Å². The van der Waals surface area contributed by atoms with E-state index in [4.69, 9.17) is 0 Å². The summed E-state index contributed by atoms with van der Waals surface area (Å²) in [5.74, 6) is 0.824. The first-order valence-corrected chi connectivity index (χ1v) is 7.10. The zero-order valence-corrected chi connectivity index (χ0v) is 11.6. The van der Waals surface area contributed by atoms with E-state index in [1.165, 1.54) is 0 Å². The van der Waals surface area contributed by atoms with Crippen molar-refractivity contribution in [3.8, 4) is 0 Å². The van der Waals surface area contributed by atoms with Crippen LogP contribution in [-0.4, -0.2) is 27.2 Å². The normalized spacial score (nSPS) is 24.3. The van der Waals surface area contributed by atoms with Gasteiger partial charge in [0.25, 0.3) is 0 Å². The van der Waals surface area contributed by atoms with Crippen LogP contribution >= 0.6 is 15.9 Å². The van der Waals surface area contributed by atoms with Gasteiger partial charge in [-0.15, -0.1) is 0 Å². The van der Waals surface area contributed by atoms with Crippen molar-refractivity contribution in [2.45, 2.75) is 37.8 Å². The molecule has 0 atom stereocenters. The van der Waals surface area contributed by atoms with Crippen LogP contribution in [0, 0.1) is 0 Å². The van der Waals surface area contributed by atoms with Crippen LogP contribution in [0.5, 0.6) is 0 Å². The molecule has 5 heteroatoms. The number of halogens is 1. The summed E-state index contributed by atoms with van der Waals surface area (Å²) < 4.78 is 1.05. The van der Waals surface area contributed by atoms with Crippen molar-refractivity contribution >= 4 is 32.9 Å². The lowest BCUT2D eigenvalue weighted by Crippen LogP contribution is -2.28. The molecule has 0 aliphatic heterocycles. The van der Waals surface area contributed by atoms with E-state index >= 15 is 0 Å². The molecular formula is C13H16BrN3O. The Morgan fingerprint density at radius 3 is 2.83 bits per heavy atom. The lowest BCUT2D eigenvalue weighted by Gasteiger charge is -2.25. The number of anilines is 1. The van der Waals surface area contributed by atoms with Crippen LogP contribution in [0.2, 0.25) is 0 Å². The average Bonchev–Trinajstić information content (AvgIpc) is 2.73. The molecule has 1 saturated carbocycles. The highest BCUT2D eigenvalue weighted by Gasteiger charge is 2.19. The molecule has 2 aromatic rings. The molecule has 1 aromatic carbocycles. The molecule has 1 heterocycles. The number of nitrogens with zero attached hydrogens (tertiary/aromatic N) is 1. The number of aliphatic hydroxyl groups is 1. The summed E-state index contributed by atoms with van der Waals surface area (Å²) in [6.07, 6.45) is 3.64. The summed E-state index contributed by atoms with van der Waals surface area (Å²) in [5, 5.41) is 12.9. The van der Waals surface area contributed by atoms with E-state index in [0.717, 1.165) is 47.1 Å². The van der Waals surface area contributed by atoms with Gasteiger partial charge in [-0.05, 0) is 43.9 Å². The van der Waals surface area contributed by atoms with Crippen LogP contribution in [0.3, 0.4) is 0 Å². The van der Waals surface area contributed by atoms with E-state index in [2.05, 4.69) is 31.2 Å². The molecular weight excluding hydrogens is 294 g/mol. The topological polar surface area (TPSA) is 60.9 Å². The number of nitrogens with one attached hydrogen (secondary N) is 2. The molecule has 0 amide bonds. The Balaban J connectivity index is 1.74. The maximum absolute atomic E-state index is 9.48. The standard InChI is InChI=1S/C13H16BrN3O/c14-8-1-6-11-12(7-8)17-13(16-11)15-9-2-4-10(18)5-3-9/h1,6-7,9-10,18H,2-5H2,(H2,15,16,17). The summed E-state index contributed by atoms with van der Waals surface area (Å²) in [6.45, 7) is 0. The fraction of sp³-hybridized carbons (Fsp3) is 0.462. The van der Waals surface area contributed by atoms with Gasteiger partial charge >= 0.3 is 0 Å². The highest BCUT2D eigenvalue weighted by atomic mass is 79.9. The minimum Gasteiger partial charge on any atom is -0.393 e. The van der Waals surface area contributed by atoms with Gasteiger partial charge in [-0.3, -0.25) is 0 Å². The number of aromatic nitrogens is 2. The fourth-order valence-corrected chi connectivity index (χ4v) is 2.82. The number of H-pyrrole nitrogens is 1. The van der Waals surface area contributed by atoms with E-state index in [-0.39, 0.29) is 6.10 Å². The van der Waals surface area contributed by atoms with E-state index in [1.807, 2.05) is 18.2 Å². The SMILES string of the molecule is OC1CCC(Nc2nc3ccc(Br)cc3[nH]2)CC1. The van der Waals surface area contributed by atoms with E-state index in [9.17, 15) is 5.11 Å². The molecule has 3 N–H and O–H groups in total. The Labute approximate surface area is 114 Å². The number of hydrogen-bond donors (Lipinski definition) is 3. The van der Waals surface area contributed by atoms with Crippen molar-refractivity contribution < 1.29 is 5.11 Å². The van der Waals surface area contributed by atoms with Crippen LogP contribution in [0.4, 0.5) is 5.95 Å². The molecule has 1 aromatic heterocycles. The number of aromatic amines is 1.